The molecule has 0 atom stereocenters. The van der Waals surface area contributed by atoms with Crippen molar-refractivity contribution >= 4 is 39.7 Å². The minimum Gasteiger partial charge on any atom is -0.383 e. The van der Waals surface area contributed by atoms with Crippen LogP contribution in [0.2, 0.25) is 0 Å². The Hall–Kier alpha value is -1.96. The van der Waals surface area contributed by atoms with Crippen molar-refractivity contribution in [1.82, 2.24) is 15.2 Å². The largest absolute Gasteiger partial charge is 0.383 e. The van der Waals surface area contributed by atoms with E-state index in [0.717, 1.165) is 55.1 Å². The van der Waals surface area contributed by atoms with E-state index in [9.17, 15) is 0 Å². The number of thiocarbonyl (C=S) groups is 1. The van der Waals surface area contributed by atoms with Crippen LogP contribution in [0.4, 0.5) is 11.5 Å². The van der Waals surface area contributed by atoms with Gasteiger partial charge in [-0.15, -0.1) is 0 Å². The molecule has 2 N–H and O–H groups in total. The standard InChI is InChI=1S/C20H29N5OS/c1-4-24-8-10-25(11-9-24)19-13-15(2)17-14-16(5-6-18(17)23-19)22-20(27)21-7-12-26-3/h5-6,13-14H,4,7-12H2,1-3H3,(H2,21,22,27). The fourth-order valence-electron chi connectivity index (χ4n) is 3.35. The Balaban J connectivity index is 1.72. The Morgan fingerprint density at radius 2 is 2.00 bits per heavy atom. The molecule has 0 aliphatic carbocycles. The number of aromatic nitrogens is 1. The normalized spacial score (nSPS) is 15.1. The number of nitrogens with one attached hydrogen (secondary N) is 2. The summed E-state index contributed by atoms with van der Waals surface area (Å²) in [5.74, 6) is 1.08. The van der Waals surface area contributed by atoms with Crippen LogP contribution in [-0.2, 0) is 4.74 Å². The zero-order valence-corrected chi connectivity index (χ0v) is 17.2. The molecule has 0 spiro atoms. The minimum atomic E-state index is 0.599. The molecular formula is C20H29N5OS. The van der Waals surface area contributed by atoms with Gasteiger partial charge in [-0.1, -0.05) is 6.92 Å². The molecule has 1 fully saturated rings. The van der Waals surface area contributed by atoms with E-state index in [4.69, 9.17) is 21.9 Å². The van der Waals surface area contributed by atoms with E-state index in [1.165, 1.54) is 5.56 Å². The van der Waals surface area contributed by atoms with E-state index in [1.54, 1.807) is 7.11 Å². The number of nitrogens with zero attached hydrogens (tertiary/aromatic N) is 3. The average molecular weight is 388 g/mol. The number of aryl methyl sites for hydroxylation is 1. The lowest BCUT2D eigenvalue weighted by Crippen LogP contribution is -2.46. The number of piperazine rings is 1. The maximum Gasteiger partial charge on any atom is 0.170 e. The predicted molar refractivity (Wildman–Crippen MR) is 117 cm³/mol. The molecular weight excluding hydrogens is 358 g/mol. The van der Waals surface area contributed by atoms with E-state index in [1.807, 2.05) is 6.07 Å². The third-order valence-corrected chi connectivity index (χ3v) is 5.24. The van der Waals surface area contributed by atoms with Crippen molar-refractivity contribution in [3.63, 3.8) is 0 Å². The molecule has 1 saturated heterocycles. The molecule has 27 heavy (non-hydrogen) atoms. The number of benzene rings is 1. The van der Waals surface area contributed by atoms with Gasteiger partial charge >= 0.3 is 0 Å². The first kappa shape index (κ1) is 19.8. The summed E-state index contributed by atoms with van der Waals surface area (Å²) >= 11 is 5.33. The molecule has 2 aromatic rings. The Bertz CT molecular complexity index is 789. The van der Waals surface area contributed by atoms with Gasteiger partial charge in [0.25, 0.3) is 0 Å². The van der Waals surface area contributed by atoms with E-state index in [0.29, 0.717) is 18.3 Å². The summed E-state index contributed by atoms with van der Waals surface area (Å²) in [5, 5.41) is 8.10. The number of rotatable bonds is 6. The number of ether oxygens (including phenoxy) is 1. The molecule has 0 bridgehead atoms. The topological polar surface area (TPSA) is 52.7 Å². The molecule has 1 aromatic heterocycles. The highest BCUT2D eigenvalue weighted by Gasteiger charge is 2.17. The lowest BCUT2D eigenvalue weighted by Gasteiger charge is -2.35. The molecule has 1 aliphatic heterocycles. The maximum absolute atomic E-state index is 5.33. The van der Waals surface area contributed by atoms with Crippen molar-refractivity contribution in [2.24, 2.45) is 0 Å². The van der Waals surface area contributed by atoms with Crippen LogP contribution in [-0.4, -0.2) is 68.0 Å². The highest BCUT2D eigenvalue weighted by molar-refractivity contribution is 7.80. The molecule has 0 radical (unpaired) electrons. The van der Waals surface area contributed by atoms with E-state index < -0.39 is 0 Å². The molecule has 7 heteroatoms. The number of hydrogen-bond acceptors (Lipinski definition) is 5. The van der Waals surface area contributed by atoms with Gasteiger partial charge in [-0.25, -0.2) is 4.98 Å². The van der Waals surface area contributed by atoms with Gasteiger partial charge in [0.05, 0.1) is 12.1 Å². The summed E-state index contributed by atoms with van der Waals surface area (Å²) in [6, 6.07) is 8.40. The zero-order chi connectivity index (χ0) is 19.2. The van der Waals surface area contributed by atoms with Crippen molar-refractivity contribution < 1.29 is 4.74 Å². The maximum atomic E-state index is 5.33. The average Bonchev–Trinajstić information content (AvgIpc) is 2.68. The summed E-state index contributed by atoms with van der Waals surface area (Å²) in [6.07, 6.45) is 0. The molecule has 0 amide bonds. The zero-order valence-electron chi connectivity index (χ0n) is 16.4. The van der Waals surface area contributed by atoms with Gasteiger partial charge in [0.2, 0.25) is 0 Å². The monoisotopic (exact) mass is 387 g/mol. The van der Waals surface area contributed by atoms with Gasteiger partial charge in [-0.05, 0) is 55.5 Å². The van der Waals surface area contributed by atoms with Gasteiger partial charge in [-0.2, -0.15) is 0 Å². The lowest BCUT2D eigenvalue weighted by molar-refractivity contribution is 0.204. The van der Waals surface area contributed by atoms with Crippen LogP contribution in [0.25, 0.3) is 10.9 Å². The Kier molecular flexibility index (Phi) is 6.82. The van der Waals surface area contributed by atoms with Crippen LogP contribution in [0, 0.1) is 6.92 Å². The van der Waals surface area contributed by atoms with Crippen molar-refractivity contribution in [3.05, 3.63) is 29.8 Å². The lowest BCUT2D eigenvalue weighted by atomic mass is 10.1. The number of pyridine rings is 1. The van der Waals surface area contributed by atoms with Crippen LogP contribution < -0.4 is 15.5 Å². The smallest absolute Gasteiger partial charge is 0.170 e. The summed E-state index contributed by atoms with van der Waals surface area (Å²) in [6.45, 7) is 11.1. The number of likely N-dealkylation sites (N-methyl/N-ethyl adjacent to an activating group) is 1. The van der Waals surface area contributed by atoms with E-state index >= 15 is 0 Å². The third kappa shape index (κ3) is 5.06. The second kappa shape index (κ2) is 9.30. The van der Waals surface area contributed by atoms with Crippen molar-refractivity contribution in [1.29, 1.82) is 0 Å². The van der Waals surface area contributed by atoms with Gasteiger partial charge < -0.3 is 25.2 Å². The summed E-state index contributed by atoms with van der Waals surface area (Å²) in [7, 11) is 1.68. The Labute approximate surface area is 166 Å². The summed E-state index contributed by atoms with van der Waals surface area (Å²) in [4.78, 5) is 9.77. The van der Waals surface area contributed by atoms with Gasteiger partial charge in [0.1, 0.15) is 5.82 Å². The van der Waals surface area contributed by atoms with Crippen molar-refractivity contribution in [3.8, 4) is 0 Å². The number of fused-ring (bicyclic) bond motifs is 1. The Morgan fingerprint density at radius 1 is 1.22 bits per heavy atom. The van der Waals surface area contributed by atoms with Crippen LogP contribution in [0.1, 0.15) is 12.5 Å². The molecule has 0 saturated carbocycles. The highest BCUT2D eigenvalue weighted by Crippen LogP contribution is 2.26. The quantitative estimate of drug-likeness (QED) is 0.584. The molecule has 6 nitrogen and oxygen atoms in total. The predicted octanol–water partition coefficient (Wildman–Crippen LogP) is 2.62. The molecule has 0 unspecified atom stereocenters. The number of methoxy groups -OCH3 is 1. The van der Waals surface area contributed by atoms with Gasteiger partial charge in [-0.3, -0.25) is 0 Å². The first-order valence-electron chi connectivity index (χ1n) is 9.53. The van der Waals surface area contributed by atoms with Crippen molar-refractivity contribution in [2.75, 3.05) is 63.2 Å². The van der Waals surface area contributed by atoms with Crippen molar-refractivity contribution in [2.45, 2.75) is 13.8 Å². The van der Waals surface area contributed by atoms with Crippen LogP contribution in [0.5, 0.6) is 0 Å². The second-order valence-electron chi connectivity index (χ2n) is 6.82. The second-order valence-corrected chi connectivity index (χ2v) is 7.23. The van der Waals surface area contributed by atoms with Crippen LogP contribution >= 0.6 is 12.2 Å². The van der Waals surface area contributed by atoms with E-state index in [2.05, 4.69) is 52.5 Å². The van der Waals surface area contributed by atoms with Crippen LogP contribution in [0.15, 0.2) is 24.3 Å². The summed E-state index contributed by atoms with van der Waals surface area (Å²) in [5.41, 5.74) is 3.22. The highest BCUT2D eigenvalue weighted by atomic mass is 32.1. The molecule has 2 heterocycles. The molecule has 1 aromatic carbocycles. The third-order valence-electron chi connectivity index (χ3n) is 5.00. The Morgan fingerprint density at radius 3 is 2.70 bits per heavy atom. The fourth-order valence-corrected chi connectivity index (χ4v) is 3.57. The SMILES string of the molecule is CCN1CCN(c2cc(C)c3cc(NC(=S)NCCOC)ccc3n2)CC1. The van der Waals surface area contributed by atoms with E-state index in [-0.39, 0.29) is 0 Å². The summed E-state index contributed by atoms with van der Waals surface area (Å²) < 4.78 is 5.02. The number of anilines is 2. The minimum absolute atomic E-state index is 0.599. The molecule has 3 rings (SSSR count). The molecule has 1 aliphatic rings. The first-order chi connectivity index (χ1) is 13.1. The number of hydrogen-bond donors (Lipinski definition) is 2. The fraction of sp³-hybridized carbons (Fsp3) is 0.500. The van der Waals surface area contributed by atoms with Gasteiger partial charge in [0.15, 0.2) is 5.11 Å². The van der Waals surface area contributed by atoms with Crippen LogP contribution in [0.3, 0.4) is 0 Å². The van der Waals surface area contributed by atoms with Gasteiger partial charge in [0, 0.05) is 50.9 Å². The molecule has 146 valence electrons. The first-order valence-corrected chi connectivity index (χ1v) is 9.94.